The fourth-order valence-electron chi connectivity index (χ4n) is 1.34. The second-order valence-corrected chi connectivity index (χ2v) is 5.75. The molecule has 0 aliphatic heterocycles. The van der Waals surface area contributed by atoms with E-state index in [4.69, 9.17) is 5.14 Å². The number of primary sulfonamides is 1. The van der Waals surface area contributed by atoms with E-state index < -0.39 is 16.1 Å². The number of aliphatic hydroxyl groups is 1. The molecule has 0 amide bonds. The topological polar surface area (TPSA) is 92.4 Å². The van der Waals surface area contributed by atoms with Crippen LogP contribution in [0.3, 0.4) is 0 Å². The molecule has 0 saturated heterocycles. The average Bonchev–Trinajstić information content (AvgIpc) is 2.25. The van der Waals surface area contributed by atoms with Gasteiger partial charge in [0.2, 0.25) is 10.0 Å². The van der Waals surface area contributed by atoms with E-state index in [2.05, 4.69) is 5.32 Å². The van der Waals surface area contributed by atoms with Crippen LogP contribution in [0, 0.1) is 0 Å². The monoisotopic (exact) mass is 258 g/mol. The Morgan fingerprint density at radius 2 is 1.82 bits per heavy atom. The second kappa shape index (κ2) is 5.59. The van der Waals surface area contributed by atoms with E-state index in [0.717, 1.165) is 0 Å². The largest absolute Gasteiger partial charge is 0.387 e. The van der Waals surface area contributed by atoms with Gasteiger partial charge >= 0.3 is 0 Å². The van der Waals surface area contributed by atoms with E-state index >= 15 is 0 Å². The Balaban J connectivity index is 2.74. The Labute approximate surface area is 102 Å². The molecule has 0 fully saturated rings. The van der Waals surface area contributed by atoms with Gasteiger partial charge in [0.25, 0.3) is 0 Å². The Bertz CT molecular complexity index is 454. The van der Waals surface area contributed by atoms with Crippen molar-refractivity contribution in [1.29, 1.82) is 0 Å². The van der Waals surface area contributed by atoms with Crippen molar-refractivity contribution < 1.29 is 13.5 Å². The first-order valence-electron chi connectivity index (χ1n) is 5.35. The number of aliphatic hydroxyl groups excluding tert-OH is 1. The van der Waals surface area contributed by atoms with E-state index in [9.17, 15) is 13.5 Å². The predicted octanol–water partition coefficient (Wildman–Crippen LogP) is 0.365. The molecule has 6 heteroatoms. The first kappa shape index (κ1) is 14.1. The van der Waals surface area contributed by atoms with Crippen LogP contribution in [0.2, 0.25) is 0 Å². The number of rotatable bonds is 5. The summed E-state index contributed by atoms with van der Waals surface area (Å²) in [5, 5.41) is 17.9. The Morgan fingerprint density at radius 3 is 2.24 bits per heavy atom. The first-order valence-corrected chi connectivity index (χ1v) is 6.89. The van der Waals surface area contributed by atoms with Gasteiger partial charge in [-0.1, -0.05) is 26.0 Å². The van der Waals surface area contributed by atoms with Gasteiger partial charge in [0.05, 0.1) is 11.0 Å². The van der Waals surface area contributed by atoms with Crippen LogP contribution in [0.5, 0.6) is 0 Å². The highest BCUT2D eigenvalue weighted by atomic mass is 32.2. The summed E-state index contributed by atoms with van der Waals surface area (Å²) >= 11 is 0. The molecule has 0 bridgehead atoms. The summed E-state index contributed by atoms with van der Waals surface area (Å²) in [7, 11) is -3.67. The van der Waals surface area contributed by atoms with E-state index in [1.807, 2.05) is 13.8 Å². The zero-order chi connectivity index (χ0) is 13.1. The quantitative estimate of drug-likeness (QED) is 0.711. The van der Waals surface area contributed by atoms with Crippen LogP contribution in [0.4, 0.5) is 0 Å². The number of hydrogen-bond donors (Lipinski definition) is 3. The molecule has 1 atom stereocenters. The Morgan fingerprint density at radius 1 is 1.29 bits per heavy atom. The molecule has 1 unspecified atom stereocenters. The van der Waals surface area contributed by atoms with Crippen molar-refractivity contribution in [3.8, 4) is 0 Å². The maximum absolute atomic E-state index is 11.0. The van der Waals surface area contributed by atoms with Crippen LogP contribution in [-0.4, -0.2) is 26.1 Å². The highest BCUT2D eigenvalue weighted by Crippen LogP contribution is 2.15. The van der Waals surface area contributed by atoms with Crippen molar-refractivity contribution >= 4 is 10.0 Å². The van der Waals surface area contributed by atoms with Gasteiger partial charge in [-0.2, -0.15) is 0 Å². The first-order chi connectivity index (χ1) is 7.80. The molecule has 1 rings (SSSR count). The molecular weight excluding hydrogens is 240 g/mol. The normalized spacial score (nSPS) is 13.9. The molecule has 4 N–H and O–H groups in total. The molecule has 1 aromatic rings. The molecule has 1 aromatic carbocycles. The molecule has 0 radical (unpaired) electrons. The number of nitrogens with one attached hydrogen (secondary N) is 1. The number of nitrogens with two attached hydrogens (primary N) is 1. The highest BCUT2D eigenvalue weighted by Gasteiger charge is 2.11. The molecule has 0 saturated carbocycles. The lowest BCUT2D eigenvalue weighted by Gasteiger charge is -2.14. The lowest BCUT2D eigenvalue weighted by atomic mass is 10.1. The third-order valence-electron chi connectivity index (χ3n) is 2.31. The standard InChI is InChI=1S/C11H18N2O3S/c1-8(2)13-7-11(14)9-3-5-10(6-4-9)17(12,15)16/h3-6,8,11,13-14H,7H2,1-2H3,(H2,12,15,16). The maximum Gasteiger partial charge on any atom is 0.238 e. The molecule has 0 aliphatic rings. The molecule has 0 aliphatic carbocycles. The van der Waals surface area contributed by atoms with E-state index in [-0.39, 0.29) is 10.9 Å². The van der Waals surface area contributed by atoms with Crippen LogP contribution in [0.15, 0.2) is 29.2 Å². The van der Waals surface area contributed by atoms with Crippen LogP contribution in [0.1, 0.15) is 25.5 Å². The number of sulfonamides is 1. The fraction of sp³-hybridized carbons (Fsp3) is 0.455. The van der Waals surface area contributed by atoms with Crippen LogP contribution >= 0.6 is 0 Å². The molecule has 0 aromatic heterocycles. The smallest absolute Gasteiger partial charge is 0.238 e. The van der Waals surface area contributed by atoms with Gasteiger partial charge in [-0.25, -0.2) is 13.6 Å². The zero-order valence-electron chi connectivity index (χ0n) is 9.92. The second-order valence-electron chi connectivity index (χ2n) is 4.19. The van der Waals surface area contributed by atoms with Gasteiger partial charge in [-0.05, 0) is 17.7 Å². The van der Waals surface area contributed by atoms with E-state index in [0.29, 0.717) is 12.1 Å². The van der Waals surface area contributed by atoms with Crippen LogP contribution in [-0.2, 0) is 10.0 Å². The number of hydrogen-bond acceptors (Lipinski definition) is 4. The van der Waals surface area contributed by atoms with Crippen molar-refractivity contribution in [3.05, 3.63) is 29.8 Å². The molecule has 5 nitrogen and oxygen atoms in total. The summed E-state index contributed by atoms with van der Waals surface area (Å²) in [5.41, 5.74) is 0.658. The van der Waals surface area contributed by atoms with Gasteiger partial charge in [0.1, 0.15) is 0 Å². The predicted molar refractivity (Wildman–Crippen MR) is 65.9 cm³/mol. The fourth-order valence-corrected chi connectivity index (χ4v) is 1.86. The SMILES string of the molecule is CC(C)NCC(O)c1ccc(S(N)(=O)=O)cc1. The summed E-state index contributed by atoms with van der Waals surface area (Å²) in [6, 6.07) is 6.19. The summed E-state index contributed by atoms with van der Waals surface area (Å²) in [6.45, 7) is 4.39. The van der Waals surface area contributed by atoms with Crippen LogP contribution < -0.4 is 10.5 Å². The third-order valence-corrected chi connectivity index (χ3v) is 3.24. The van der Waals surface area contributed by atoms with Gasteiger partial charge in [0.15, 0.2) is 0 Å². The van der Waals surface area contributed by atoms with Crippen molar-refractivity contribution in [2.75, 3.05) is 6.54 Å². The maximum atomic E-state index is 11.0. The minimum absolute atomic E-state index is 0.0465. The van der Waals surface area contributed by atoms with E-state index in [1.54, 1.807) is 12.1 Å². The molecule has 0 heterocycles. The lowest BCUT2D eigenvalue weighted by molar-refractivity contribution is 0.171. The summed E-state index contributed by atoms with van der Waals surface area (Å²) in [5.74, 6) is 0. The number of benzene rings is 1. The molecule has 0 spiro atoms. The lowest BCUT2D eigenvalue weighted by Crippen LogP contribution is -2.27. The Hall–Kier alpha value is -0.950. The molecule has 96 valence electrons. The molecule has 17 heavy (non-hydrogen) atoms. The minimum atomic E-state index is -3.67. The summed E-state index contributed by atoms with van der Waals surface area (Å²) in [4.78, 5) is 0.0465. The van der Waals surface area contributed by atoms with Gasteiger partial charge in [-0.15, -0.1) is 0 Å². The third kappa shape index (κ3) is 4.43. The van der Waals surface area contributed by atoms with Crippen molar-refractivity contribution in [3.63, 3.8) is 0 Å². The van der Waals surface area contributed by atoms with E-state index in [1.165, 1.54) is 12.1 Å². The summed E-state index contributed by atoms with van der Waals surface area (Å²) < 4.78 is 22.1. The minimum Gasteiger partial charge on any atom is -0.387 e. The van der Waals surface area contributed by atoms with Gasteiger partial charge in [-0.3, -0.25) is 0 Å². The van der Waals surface area contributed by atoms with Crippen molar-refractivity contribution in [1.82, 2.24) is 5.32 Å². The Kier molecular flexibility index (Phi) is 4.64. The van der Waals surface area contributed by atoms with Crippen molar-refractivity contribution in [2.24, 2.45) is 5.14 Å². The van der Waals surface area contributed by atoms with Gasteiger partial charge in [0, 0.05) is 12.6 Å². The zero-order valence-corrected chi connectivity index (χ0v) is 10.7. The van der Waals surface area contributed by atoms with Crippen molar-refractivity contribution in [2.45, 2.75) is 30.9 Å². The average molecular weight is 258 g/mol. The van der Waals surface area contributed by atoms with Crippen LogP contribution in [0.25, 0.3) is 0 Å². The summed E-state index contributed by atoms with van der Waals surface area (Å²) in [6.07, 6.45) is -0.660. The highest BCUT2D eigenvalue weighted by molar-refractivity contribution is 7.89. The molecular formula is C11H18N2O3S. The van der Waals surface area contributed by atoms with Gasteiger partial charge < -0.3 is 10.4 Å².